The number of amides is 1. The Kier molecular flexibility index (Phi) is 4.57. The summed E-state index contributed by atoms with van der Waals surface area (Å²) in [5.74, 6) is 1.12. The molecule has 4 heteroatoms. The van der Waals surface area contributed by atoms with E-state index < -0.39 is 0 Å². The number of hydrogen-bond acceptors (Lipinski definition) is 3. The van der Waals surface area contributed by atoms with E-state index >= 15 is 0 Å². The first-order valence-electron chi connectivity index (χ1n) is 10.4. The van der Waals surface area contributed by atoms with Gasteiger partial charge in [-0.1, -0.05) is 30.3 Å². The molecule has 0 saturated heterocycles. The monoisotopic (exact) mass is 380 g/mol. The summed E-state index contributed by atoms with van der Waals surface area (Å²) in [7, 11) is 0. The molecule has 1 amide bonds. The van der Waals surface area contributed by atoms with Crippen molar-refractivity contribution in [2.75, 3.05) is 13.1 Å². The van der Waals surface area contributed by atoms with Gasteiger partial charge in [0.25, 0.3) is 0 Å². The summed E-state index contributed by atoms with van der Waals surface area (Å²) < 4.78 is 0. The second kappa shape index (κ2) is 7.06. The standard InChI is InChI=1S/C23H28N2OS/c1-16(17-7-8-17)25(19-9-10-19)15-22(26)24-13-11-21-20(12-14-27-21)23(24)18-5-3-2-4-6-18/h2-6,12,14,16-17,19,23H,7-11,13,15H2,1H3. The van der Waals surface area contributed by atoms with E-state index in [-0.39, 0.29) is 6.04 Å². The molecule has 2 aliphatic carbocycles. The molecular formula is C23H28N2OS. The molecule has 2 unspecified atom stereocenters. The minimum Gasteiger partial charge on any atom is -0.330 e. The van der Waals surface area contributed by atoms with Crippen LogP contribution in [0.1, 0.15) is 54.7 Å². The molecule has 3 aliphatic rings. The molecule has 2 heterocycles. The maximum atomic E-state index is 13.5. The summed E-state index contributed by atoms with van der Waals surface area (Å²) in [6.45, 7) is 3.76. The molecule has 1 aliphatic heterocycles. The van der Waals surface area contributed by atoms with E-state index in [9.17, 15) is 4.79 Å². The van der Waals surface area contributed by atoms with Gasteiger partial charge in [-0.25, -0.2) is 0 Å². The number of carbonyl (C=O) groups is 1. The first kappa shape index (κ1) is 17.4. The van der Waals surface area contributed by atoms with Crippen molar-refractivity contribution >= 4 is 17.2 Å². The Bertz CT molecular complexity index is 809. The maximum absolute atomic E-state index is 13.5. The van der Waals surface area contributed by atoms with Crippen LogP contribution in [0.5, 0.6) is 0 Å². The highest BCUT2D eigenvalue weighted by atomic mass is 32.1. The molecule has 2 aromatic rings. The SMILES string of the molecule is CC(C1CC1)N(CC(=O)N1CCc2sccc2C1c1ccccc1)C1CC1. The summed E-state index contributed by atoms with van der Waals surface area (Å²) in [6, 6.07) is 14.1. The normalized spacial score (nSPS) is 23.3. The van der Waals surface area contributed by atoms with Crippen molar-refractivity contribution in [3.05, 3.63) is 57.8 Å². The van der Waals surface area contributed by atoms with Crippen LogP contribution in [0, 0.1) is 5.92 Å². The van der Waals surface area contributed by atoms with E-state index in [1.54, 1.807) is 0 Å². The Morgan fingerprint density at radius 2 is 1.96 bits per heavy atom. The minimum atomic E-state index is 0.0750. The van der Waals surface area contributed by atoms with Crippen molar-refractivity contribution in [3.8, 4) is 0 Å². The number of thiophene rings is 1. The smallest absolute Gasteiger partial charge is 0.237 e. The van der Waals surface area contributed by atoms with Crippen molar-refractivity contribution in [2.45, 2.75) is 57.2 Å². The van der Waals surface area contributed by atoms with Gasteiger partial charge in [-0.2, -0.15) is 0 Å². The fourth-order valence-electron chi connectivity index (χ4n) is 4.69. The lowest BCUT2D eigenvalue weighted by molar-refractivity contribution is -0.135. The quantitative estimate of drug-likeness (QED) is 0.737. The zero-order valence-electron chi connectivity index (χ0n) is 16.0. The lowest BCUT2D eigenvalue weighted by atomic mass is 9.93. The largest absolute Gasteiger partial charge is 0.330 e. The Labute approximate surface area is 166 Å². The minimum absolute atomic E-state index is 0.0750. The third-order valence-corrected chi connectivity index (χ3v) is 7.56. The first-order chi connectivity index (χ1) is 13.2. The van der Waals surface area contributed by atoms with Gasteiger partial charge in [0.2, 0.25) is 5.91 Å². The Hall–Kier alpha value is -1.65. The van der Waals surface area contributed by atoms with Gasteiger partial charge >= 0.3 is 0 Å². The lowest BCUT2D eigenvalue weighted by Crippen LogP contribution is -2.48. The van der Waals surface area contributed by atoms with Crippen LogP contribution in [-0.4, -0.2) is 40.9 Å². The summed E-state index contributed by atoms with van der Waals surface area (Å²) in [6.07, 6.45) is 6.20. The second-order valence-corrected chi connectivity index (χ2v) is 9.43. The molecular weight excluding hydrogens is 352 g/mol. The molecule has 3 nitrogen and oxygen atoms in total. The number of rotatable bonds is 6. The van der Waals surface area contributed by atoms with Crippen molar-refractivity contribution < 1.29 is 4.79 Å². The molecule has 0 spiro atoms. The number of hydrogen-bond donors (Lipinski definition) is 0. The Balaban J connectivity index is 1.41. The number of nitrogens with zero attached hydrogens (tertiary/aromatic N) is 2. The van der Waals surface area contributed by atoms with Crippen LogP contribution in [0.3, 0.4) is 0 Å². The average molecular weight is 381 g/mol. The van der Waals surface area contributed by atoms with E-state index in [0.29, 0.717) is 24.5 Å². The average Bonchev–Trinajstić information content (AvgIpc) is 3.62. The van der Waals surface area contributed by atoms with E-state index in [2.05, 4.69) is 58.5 Å². The van der Waals surface area contributed by atoms with Gasteiger partial charge in [-0.05, 0) is 67.5 Å². The van der Waals surface area contributed by atoms with Crippen molar-refractivity contribution in [3.63, 3.8) is 0 Å². The van der Waals surface area contributed by atoms with E-state index in [1.165, 1.54) is 41.7 Å². The molecule has 0 N–H and O–H groups in total. The van der Waals surface area contributed by atoms with Crippen LogP contribution in [0.15, 0.2) is 41.8 Å². The molecule has 2 fully saturated rings. The first-order valence-corrected chi connectivity index (χ1v) is 11.3. The van der Waals surface area contributed by atoms with E-state index in [4.69, 9.17) is 0 Å². The molecule has 5 rings (SSSR count). The van der Waals surface area contributed by atoms with Gasteiger partial charge < -0.3 is 4.90 Å². The zero-order chi connectivity index (χ0) is 18.4. The summed E-state index contributed by atoms with van der Waals surface area (Å²) in [4.78, 5) is 19.6. The van der Waals surface area contributed by atoms with E-state index in [1.807, 2.05) is 11.3 Å². The summed E-state index contributed by atoms with van der Waals surface area (Å²) in [5.41, 5.74) is 2.57. The zero-order valence-corrected chi connectivity index (χ0v) is 16.8. The van der Waals surface area contributed by atoms with Gasteiger partial charge in [-0.3, -0.25) is 9.69 Å². The molecule has 2 atom stereocenters. The van der Waals surface area contributed by atoms with Crippen LogP contribution in [0.2, 0.25) is 0 Å². The van der Waals surface area contributed by atoms with Crippen LogP contribution in [-0.2, 0) is 11.2 Å². The van der Waals surface area contributed by atoms with Crippen molar-refractivity contribution in [1.82, 2.24) is 9.80 Å². The topological polar surface area (TPSA) is 23.6 Å². The summed E-state index contributed by atoms with van der Waals surface area (Å²) >= 11 is 1.84. The number of carbonyl (C=O) groups excluding carboxylic acids is 1. The van der Waals surface area contributed by atoms with Crippen LogP contribution < -0.4 is 0 Å². The predicted octanol–water partition coefficient (Wildman–Crippen LogP) is 4.49. The van der Waals surface area contributed by atoms with Gasteiger partial charge in [0.15, 0.2) is 0 Å². The fraction of sp³-hybridized carbons (Fsp3) is 0.522. The predicted molar refractivity (Wildman–Crippen MR) is 110 cm³/mol. The molecule has 0 bridgehead atoms. The molecule has 0 radical (unpaired) electrons. The third-order valence-electron chi connectivity index (χ3n) is 6.56. The van der Waals surface area contributed by atoms with Crippen molar-refractivity contribution in [1.29, 1.82) is 0 Å². The molecule has 2 saturated carbocycles. The molecule has 142 valence electrons. The van der Waals surface area contributed by atoms with E-state index in [0.717, 1.165) is 18.9 Å². The molecule has 27 heavy (non-hydrogen) atoms. The van der Waals surface area contributed by atoms with Gasteiger partial charge in [-0.15, -0.1) is 11.3 Å². The second-order valence-electron chi connectivity index (χ2n) is 8.43. The van der Waals surface area contributed by atoms with Crippen LogP contribution >= 0.6 is 11.3 Å². The highest BCUT2D eigenvalue weighted by Crippen LogP contribution is 2.41. The third kappa shape index (κ3) is 3.45. The number of fused-ring (bicyclic) bond motifs is 1. The van der Waals surface area contributed by atoms with Gasteiger partial charge in [0.05, 0.1) is 12.6 Å². The highest BCUT2D eigenvalue weighted by Gasteiger charge is 2.41. The number of benzene rings is 1. The van der Waals surface area contributed by atoms with Crippen LogP contribution in [0.25, 0.3) is 0 Å². The fourth-order valence-corrected chi connectivity index (χ4v) is 5.59. The summed E-state index contributed by atoms with van der Waals surface area (Å²) in [5, 5.41) is 2.18. The Morgan fingerprint density at radius 1 is 1.19 bits per heavy atom. The Morgan fingerprint density at radius 3 is 2.67 bits per heavy atom. The van der Waals surface area contributed by atoms with Gasteiger partial charge in [0, 0.05) is 23.5 Å². The molecule has 1 aromatic heterocycles. The van der Waals surface area contributed by atoms with Gasteiger partial charge in [0.1, 0.15) is 0 Å². The van der Waals surface area contributed by atoms with Crippen molar-refractivity contribution in [2.24, 2.45) is 5.92 Å². The maximum Gasteiger partial charge on any atom is 0.237 e. The molecule has 1 aromatic carbocycles. The van der Waals surface area contributed by atoms with Crippen LogP contribution in [0.4, 0.5) is 0 Å². The highest BCUT2D eigenvalue weighted by molar-refractivity contribution is 7.10. The lowest BCUT2D eigenvalue weighted by Gasteiger charge is -2.38.